The number of fused-ring (bicyclic) bond motifs is 2. The molecule has 0 radical (unpaired) electrons. The summed E-state index contributed by atoms with van der Waals surface area (Å²) in [4.78, 5) is 16.2. The van der Waals surface area contributed by atoms with E-state index < -0.39 is 0 Å². The fourth-order valence-electron chi connectivity index (χ4n) is 11.5. The smallest absolute Gasteiger partial charge is 0.373 e. The van der Waals surface area contributed by atoms with Crippen LogP contribution in [0.15, 0.2) is 118 Å². The molecule has 0 amide bonds. The number of benzene rings is 10. The Morgan fingerprint density at radius 3 is 1.20 bits per heavy atom. The molecule has 0 saturated carbocycles. The molecule has 10 rings (SSSR count). The Hall–Kier alpha value is -8.16. The lowest BCUT2D eigenvalue weighted by Gasteiger charge is -2.19. The van der Waals surface area contributed by atoms with E-state index in [1.807, 2.05) is 123 Å². The monoisotopic (exact) mass is 1370 g/mol. The van der Waals surface area contributed by atoms with Gasteiger partial charge in [-0.25, -0.2) is 0 Å². The molecule has 0 aliphatic heterocycles. The van der Waals surface area contributed by atoms with Crippen molar-refractivity contribution in [1.82, 2.24) is 0 Å². The first-order valence-corrected chi connectivity index (χ1v) is 30.5. The average molecular weight is 1370 g/mol. The molecule has 10 aromatic rings. The first-order valence-electron chi connectivity index (χ1n) is 28.2. The van der Waals surface area contributed by atoms with E-state index in [0.717, 1.165) is 154 Å². The molecule has 464 valence electrons. The summed E-state index contributed by atoms with van der Waals surface area (Å²) in [5.41, 5.74) is 20.9. The van der Waals surface area contributed by atoms with Gasteiger partial charge in [0.05, 0.1) is 33.5 Å². The highest BCUT2D eigenvalue weighted by atomic mass is 79.9. The van der Waals surface area contributed by atoms with Gasteiger partial charge in [0.15, 0.2) is 11.5 Å². The lowest BCUT2D eigenvalue weighted by molar-refractivity contribution is -0.191. The van der Waals surface area contributed by atoms with Gasteiger partial charge in [0.1, 0.15) is 40.2 Å². The van der Waals surface area contributed by atoms with E-state index in [1.165, 1.54) is 11.6 Å². The topological polar surface area (TPSA) is 172 Å². The van der Waals surface area contributed by atoms with Crippen LogP contribution in [0.5, 0.6) is 51.7 Å². The van der Waals surface area contributed by atoms with E-state index in [0.29, 0.717) is 26.9 Å². The van der Waals surface area contributed by atoms with Gasteiger partial charge < -0.3 is 44.5 Å². The van der Waals surface area contributed by atoms with Gasteiger partial charge in [0, 0.05) is 36.2 Å². The number of halogens is 4. The fourth-order valence-corrected chi connectivity index (χ4v) is 13.4. The van der Waals surface area contributed by atoms with Crippen LogP contribution in [0.25, 0.3) is 66.1 Å². The number of carbonyl (C=O) groups excluding carboxylic acids is 2. The fraction of sp³-hybridized carbons (Fsp3) is 0.230. The van der Waals surface area contributed by atoms with Gasteiger partial charge in [-0.05, 0) is 277 Å². The van der Waals surface area contributed by atoms with E-state index >= 15 is 0 Å². The standard InChI is InChI=1S/C21H22O2.C20H20O3.C16H16Br2O2.C16H16Cl2O2.CO2/c1-12-6-8-17-16(10-12)7-9-18(22)21(17)20-13(2)11-19(23-5)14(3)15(20)4;1-11-9-17(23-4)12(2)13(3)18(11)19-15-8-6-5-7-14(15)10-16(21)20(19)22;2*1-8-5-14(20-4)9(2)10(3)15(8)16-12(18)6-11(17)7-13(16)19;2-1-3/h6-11,22H,1-5H3;5-10,21-22H,1-4H3;2*5-7,19H,1-4H3;. The van der Waals surface area contributed by atoms with Crippen LogP contribution in [0.3, 0.4) is 0 Å². The summed E-state index contributed by atoms with van der Waals surface area (Å²) in [5.74, 6) is 3.87. The van der Waals surface area contributed by atoms with Crippen molar-refractivity contribution in [3.05, 3.63) is 201 Å². The summed E-state index contributed by atoms with van der Waals surface area (Å²) < 4.78 is 23.4. The SMILES string of the molecule is COc1cc(C)c(-c2c(O)c(O)cc3ccccc23)c(C)c1C.COc1cc(C)c(-c2c(O)cc(Br)cc2Br)c(C)c1C.COc1cc(C)c(-c2c(O)cc(Cl)cc2Cl)c(C)c1C.COc1cc(C)c(-c2c(O)ccc3cc(C)ccc23)c(C)c1C.O=C=O. The van der Waals surface area contributed by atoms with Crippen molar-refractivity contribution in [3.63, 3.8) is 0 Å². The largest absolute Gasteiger partial charge is 0.507 e. The molecule has 0 unspecified atom stereocenters. The highest BCUT2D eigenvalue weighted by molar-refractivity contribution is 9.11. The lowest BCUT2D eigenvalue weighted by Crippen LogP contribution is -1.97. The van der Waals surface area contributed by atoms with Crippen LogP contribution in [-0.4, -0.2) is 60.1 Å². The minimum Gasteiger partial charge on any atom is -0.507 e. The molecular formula is C74H74Br2Cl2O11. The van der Waals surface area contributed by atoms with Crippen LogP contribution in [0.2, 0.25) is 10.0 Å². The van der Waals surface area contributed by atoms with Crippen molar-refractivity contribution in [2.75, 3.05) is 28.4 Å². The molecule has 0 spiro atoms. The molecular weight excluding hydrogens is 1300 g/mol. The number of phenols is 5. The highest BCUT2D eigenvalue weighted by Crippen LogP contribution is 2.49. The van der Waals surface area contributed by atoms with E-state index in [4.69, 9.17) is 51.7 Å². The van der Waals surface area contributed by atoms with Gasteiger partial charge in [-0.15, -0.1) is 0 Å². The van der Waals surface area contributed by atoms with Gasteiger partial charge in [-0.2, -0.15) is 9.59 Å². The van der Waals surface area contributed by atoms with Crippen molar-refractivity contribution in [2.45, 2.75) is 90.0 Å². The van der Waals surface area contributed by atoms with Gasteiger partial charge in [-0.1, -0.05) is 93.2 Å². The Morgan fingerprint density at radius 2 is 0.764 bits per heavy atom. The molecule has 0 aliphatic rings. The second-order valence-corrected chi connectivity index (χ2v) is 24.4. The summed E-state index contributed by atoms with van der Waals surface area (Å²) in [6, 6.07) is 34.2. The Bertz CT molecular complexity index is 4210. The summed E-state index contributed by atoms with van der Waals surface area (Å²) in [6.45, 7) is 26.3. The van der Waals surface area contributed by atoms with E-state index in [9.17, 15) is 25.5 Å². The number of aromatic hydroxyl groups is 5. The van der Waals surface area contributed by atoms with Crippen molar-refractivity contribution < 1.29 is 54.1 Å². The maximum Gasteiger partial charge on any atom is 0.373 e. The predicted molar refractivity (Wildman–Crippen MR) is 369 cm³/mol. The van der Waals surface area contributed by atoms with Crippen molar-refractivity contribution in [2.24, 2.45) is 0 Å². The van der Waals surface area contributed by atoms with E-state index in [1.54, 1.807) is 52.7 Å². The Labute approximate surface area is 548 Å². The number of phenolic OH excluding ortho intramolecular Hbond substituents is 5. The maximum atomic E-state index is 10.6. The second-order valence-electron chi connectivity index (χ2n) is 21.8. The third kappa shape index (κ3) is 14.8. The third-order valence-corrected chi connectivity index (χ3v) is 17.9. The van der Waals surface area contributed by atoms with Crippen LogP contribution >= 0.6 is 55.1 Å². The lowest BCUT2D eigenvalue weighted by atomic mass is 9.88. The molecule has 89 heavy (non-hydrogen) atoms. The van der Waals surface area contributed by atoms with Crippen molar-refractivity contribution in [3.8, 4) is 96.3 Å². The summed E-state index contributed by atoms with van der Waals surface area (Å²) in [6.07, 6.45) is 0.250. The normalized spacial score (nSPS) is 10.6. The van der Waals surface area contributed by atoms with Crippen LogP contribution in [0, 0.1) is 90.0 Å². The van der Waals surface area contributed by atoms with Gasteiger partial charge in [0.2, 0.25) is 0 Å². The molecule has 5 N–H and O–H groups in total. The van der Waals surface area contributed by atoms with Crippen LogP contribution in [0.4, 0.5) is 0 Å². The minimum atomic E-state index is -0.106. The molecule has 0 aliphatic carbocycles. The number of rotatable bonds is 8. The van der Waals surface area contributed by atoms with Crippen LogP contribution in [-0.2, 0) is 9.59 Å². The number of hydrogen-bond acceptors (Lipinski definition) is 11. The number of methoxy groups -OCH3 is 4. The number of aryl methyl sites for hydroxylation is 5. The molecule has 10 aromatic carbocycles. The summed E-state index contributed by atoms with van der Waals surface area (Å²) in [7, 11) is 6.67. The van der Waals surface area contributed by atoms with Crippen LogP contribution < -0.4 is 18.9 Å². The molecule has 11 nitrogen and oxygen atoms in total. The Balaban J connectivity index is 0.000000187. The molecule has 0 heterocycles. The quantitative estimate of drug-likeness (QED) is 0.0917. The molecule has 15 heteroatoms. The van der Waals surface area contributed by atoms with Gasteiger partial charge >= 0.3 is 6.15 Å². The highest BCUT2D eigenvalue weighted by Gasteiger charge is 2.23. The van der Waals surface area contributed by atoms with Gasteiger partial charge in [-0.3, -0.25) is 0 Å². The molecule has 0 fully saturated rings. The minimum absolute atomic E-state index is 0.0817. The first kappa shape index (κ1) is 69.9. The maximum absolute atomic E-state index is 10.6. The molecule has 0 atom stereocenters. The van der Waals surface area contributed by atoms with Crippen molar-refractivity contribution in [1.29, 1.82) is 0 Å². The number of hydrogen-bond donors (Lipinski definition) is 5. The van der Waals surface area contributed by atoms with E-state index in [-0.39, 0.29) is 29.1 Å². The van der Waals surface area contributed by atoms with E-state index in [2.05, 4.69) is 77.8 Å². The zero-order valence-corrected chi connectivity index (χ0v) is 57.8. The molecule has 0 aromatic heterocycles. The van der Waals surface area contributed by atoms with Crippen LogP contribution in [0.1, 0.15) is 72.3 Å². The zero-order chi connectivity index (χ0) is 66.2. The van der Waals surface area contributed by atoms with Crippen molar-refractivity contribution >= 4 is 82.8 Å². The first-order chi connectivity index (χ1) is 42.0. The number of ether oxygens (including phenoxy) is 4. The Kier molecular flexibility index (Phi) is 23.5. The predicted octanol–water partition coefficient (Wildman–Crippen LogP) is 20.5. The third-order valence-electron chi connectivity index (χ3n) is 16.3. The second kappa shape index (κ2) is 29.9. The summed E-state index contributed by atoms with van der Waals surface area (Å²) in [5, 5.41) is 56.6. The molecule has 0 bridgehead atoms. The zero-order valence-electron chi connectivity index (χ0n) is 53.1. The van der Waals surface area contributed by atoms with Gasteiger partial charge in [0.25, 0.3) is 0 Å². The average Bonchev–Trinajstić information content (AvgIpc) is 0.934. The molecule has 0 saturated heterocycles. The summed E-state index contributed by atoms with van der Waals surface area (Å²) >= 11 is 19.1. The Morgan fingerprint density at radius 1 is 0.371 bits per heavy atom.